The Kier molecular flexibility index (Phi) is 6.29. The number of benzene rings is 1. The van der Waals surface area contributed by atoms with Crippen molar-refractivity contribution in [3.05, 3.63) is 39.9 Å². The lowest BCUT2D eigenvalue weighted by atomic mass is 9.87. The maximum absolute atomic E-state index is 13.2. The van der Waals surface area contributed by atoms with Crippen molar-refractivity contribution >= 4 is 57.4 Å². The highest BCUT2D eigenvalue weighted by atomic mass is 79.9. The third kappa shape index (κ3) is 5.19. The van der Waals surface area contributed by atoms with Crippen LogP contribution in [0.3, 0.4) is 0 Å². The van der Waals surface area contributed by atoms with Crippen LogP contribution in [0, 0.1) is 11.8 Å². The smallest absolute Gasteiger partial charge is 0.331 e. The lowest BCUT2D eigenvalue weighted by Crippen LogP contribution is -2.52. The van der Waals surface area contributed by atoms with Crippen LogP contribution in [0.1, 0.15) is 33.3 Å². The number of carbonyl (C=O) groups is 6. The summed E-state index contributed by atoms with van der Waals surface area (Å²) in [6.45, 7) is 5.18. The normalized spacial score (nSPS) is 20.2. The SMILES string of the molecule is CC1(C)OC(=O)C(C(=O)C(=Cc2cccc(Br)c2)C(=O)C2C(=O)OC(C)(C)OC2=O)C(=O)O1. The molecule has 0 bridgehead atoms. The molecule has 2 aliphatic heterocycles. The maximum atomic E-state index is 13.2. The van der Waals surface area contributed by atoms with E-state index in [0.717, 1.165) is 6.08 Å². The van der Waals surface area contributed by atoms with Gasteiger partial charge in [0.25, 0.3) is 11.6 Å². The number of cyclic esters (lactones) is 4. The first-order chi connectivity index (χ1) is 15.2. The van der Waals surface area contributed by atoms with Gasteiger partial charge < -0.3 is 18.9 Å². The van der Waals surface area contributed by atoms with Gasteiger partial charge >= 0.3 is 23.9 Å². The van der Waals surface area contributed by atoms with E-state index in [9.17, 15) is 28.8 Å². The molecule has 0 saturated carbocycles. The van der Waals surface area contributed by atoms with Crippen LogP contribution in [0.25, 0.3) is 6.08 Å². The number of hydrogen-bond acceptors (Lipinski definition) is 10. The molecular weight excluding hydrogens is 504 g/mol. The molecule has 11 heteroatoms. The highest BCUT2D eigenvalue weighted by Gasteiger charge is 2.53. The van der Waals surface area contributed by atoms with Gasteiger partial charge in [0.05, 0.1) is 5.57 Å². The van der Waals surface area contributed by atoms with Gasteiger partial charge in [-0.1, -0.05) is 28.1 Å². The summed E-state index contributed by atoms with van der Waals surface area (Å²) in [7, 11) is 0. The summed E-state index contributed by atoms with van der Waals surface area (Å²) in [5, 5.41) is 0. The number of hydrogen-bond donors (Lipinski definition) is 0. The molecule has 2 fully saturated rings. The monoisotopic (exact) mass is 522 g/mol. The van der Waals surface area contributed by atoms with Crippen LogP contribution >= 0.6 is 15.9 Å². The molecule has 0 N–H and O–H groups in total. The van der Waals surface area contributed by atoms with E-state index in [1.165, 1.54) is 39.8 Å². The summed E-state index contributed by atoms with van der Waals surface area (Å²) in [6, 6.07) is 6.32. The minimum absolute atomic E-state index is 0.303. The summed E-state index contributed by atoms with van der Waals surface area (Å²) >= 11 is 3.25. The van der Waals surface area contributed by atoms with E-state index >= 15 is 0 Å². The standard InChI is InChI=1S/C22H19BrO10/c1-21(2)30-17(26)13(18(27)31-21)15(24)12(9-10-6-5-7-11(23)8-10)16(25)14-19(28)32-22(3,4)33-20(14)29/h5-9,13-14H,1-4H3. The lowest BCUT2D eigenvalue weighted by Gasteiger charge is -2.33. The van der Waals surface area contributed by atoms with Crippen molar-refractivity contribution < 1.29 is 47.7 Å². The third-order valence-corrected chi connectivity index (χ3v) is 5.04. The first-order valence-electron chi connectivity index (χ1n) is 9.68. The second kappa shape index (κ2) is 8.54. The van der Waals surface area contributed by atoms with Crippen LogP contribution in [0.5, 0.6) is 0 Å². The van der Waals surface area contributed by atoms with Crippen molar-refractivity contribution in [1.82, 2.24) is 0 Å². The quantitative estimate of drug-likeness (QED) is 0.243. The summed E-state index contributed by atoms with van der Waals surface area (Å²) in [5.41, 5.74) is -0.470. The number of halogens is 1. The number of esters is 4. The molecule has 3 rings (SSSR count). The third-order valence-electron chi connectivity index (χ3n) is 4.54. The van der Waals surface area contributed by atoms with Crippen LogP contribution < -0.4 is 0 Å². The van der Waals surface area contributed by atoms with E-state index in [4.69, 9.17) is 18.9 Å². The zero-order valence-electron chi connectivity index (χ0n) is 18.0. The fraction of sp³-hybridized carbons (Fsp3) is 0.364. The van der Waals surface area contributed by atoms with E-state index in [0.29, 0.717) is 10.0 Å². The van der Waals surface area contributed by atoms with Crippen molar-refractivity contribution in [2.75, 3.05) is 0 Å². The summed E-state index contributed by atoms with van der Waals surface area (Å²) in [6.07, 6.45) is 1.05. The molecule has 0 aromatic heterocycles. The topological polar surface area (TPSA) is 139 Å². The van der Waals surface area contributed by atoms with Crippen molar-refractivity contribution in [2.24, 2.45) is 11.8 Å². The molecule has 33 heavy (non-hydrogen) atoms. The molecule has 0 unspecified atom stereocenters. The molecule has 0 amide bonds. The van der Waals surface area contributed by atoms with E-state index in [1.54, 1.807) is 12.1 Å². The molecule has 2 saturated heterocycles. The summed E-state index contributed by atoms with van der Waals surface area (Å²) in [5.74, 6) is -15.0. The van der Waals surface area contributed by atoms with Crippen LogP contribution in [0.2, 0.25) is 0 Å². The van der Waals surface area contributed by atoms with Crippen LogP contribution in [-0.2, 0) is 47.7 Å². The van der Waals surface area contributed by atoms with Crippen LogP contribution in [0.15, 0.2) is 34.3 Å². The molecule has 1 aromatic rings. The number of allylic oxidation sites excluding steroid dienone is 1. The van der Waals surface area contributed by atoms with Gasteiger partial charge in [0.1, 0.15) is 0 Å². The van der Waals surface area contributed by atoms with Gasteiger partial charge in [0, 0.05) is 32.2 Å². The Labute approximate surface area is 196 Å². The molecule has 10 nitrogen and oxygen atoms in total. The van der Waals surface area contributed by atoms with Crippen LogP contribution in [0.4, 0.5) is 0 Å². The summed E-state index contributed by atoms with van der Waals surface area (Å²) in [4.78, 5) is 76.1. The Morgan fingerprint density at radius 3 is 1.55 bits per heavy atom. The van der Waals surface area contributed by atoms with Gasteiger partial charge in [0.2, 0.25) is 11.8 Å². The Bertz CT molecular complexity index is 1010. The van der Waals surface area contributed by atoms with Crippen molar-refractivity contribution in [3.8, 4) is 0 Å². The molecule has 174 valence electrons. The number of rotatable bonds is 5. The highest BCUT2D eigenvalue weighted by Crippen LogP contribution is 2.30. The predicted molar refractivity (Wildman–Crippen MR) is 112 cm³/mol. The van der Waals surface area contributed by atoms with E-state index < -0.39 is 64.4 Å². The number of ether oxygens (including phenoxy) is 4. The van der Waals surface area contributed by atoms with Gasteiger partial charge in [0.15, 0.2) is 11.6 Å². The maximum Gasteiger partial charge on any atom is 0.331 e. The molecule has 0 radical (unpaired) electrons. The van der Waals surface area contributed by atoms with Crippen molar-refractivity contribution in [1.29, 1.82) is 0 Å². The molecule has 0 spiro atoms. The second-order valence-electron chi connectivity index (χ2n) is 8.19. The van der Waals surface area contributed by atoms with Crippen molar-refractivity contribution in [2.45, 2.75) is 39.3 Å². The Hall–Kier alpha value is -3.34. The van der Waals surface area contributed by atoms with Gasteiger partial charge in [-0.05, 0) is 23.8 Å². The Morgan fingerprint density at radius 1 is 0.788 bits per heavy atom. The predicted octanol–water partition coefficient (Wildman–Crippen LogP) is 1.88. The fourth-order valence-corrected chi connectivity index (χ4v) is 3.62. The molecule has 2 aliphatic rings. The van der Waals surface area contributed by atoms with Crippen molar-refractivity contribution in [3.63, 3.8) is 0 Å². The minimum Gasteiger partial charge on any atom is -0.422 e. The zero-order valence-corrected chi connectivity index (χ0v) is 19.6. The number of Topliss-reactive ketones (excluding diaryl/α,β-unsaturated/α-hetero) is 2. The second-order valence-corrected chi connectivity index (χ2v) is 9.11. The molecule has 2 heterocycles. The van der Waals surface area contributed by atoms with Crippen LogP contribution in [-0.4, -0.2) is 47.0 Å². The average molecular weight is 523 g/mol. The van der Waals surface area contributed by atoms with E-state index in [-0.39, 0.29) is 0 Å². The van der Waals surface area contributed by atoms with Gasteiger partial charge in [-0.3, -0.25) is 28.8 Å². The molecular formula is C22H19BrO10. The Balaban J connectivity index is 2.06. The summed E-state index contributed by atoms with van der Waals surface area (Å²) < 4.78 is 20.4. The zero-order chi connectivity index (χ0) is 24.7. The van der Waals surface area contributed by atoms with E-state index in [2.05, 4.69) is 15.9 Å². The molecule has 0 atom stereocenters. The van der Waals surface area contributed by atoms with Gasteiger partial charge in [-0.2, -0.15) is 0 Å². The minimum atomic E-state index is -2.12. The average Bonchev–Trinajstić information content (AvgIpc) is 2.62. The first-order valence-corrected chi connectivity index (χ1v) is 10.5. The lowest BCUT2D eigenvalue weighted by molar-refractivity contribution is -0.239. The van der Waals surface area contributed by atoms with Gasteiger partial charge in [-0.15, -0.1) is 0 Å². The first kappa shape index (κ1) is 24.3. The Morgan fingerprint density at radius 2 is 1.18 bits per heavy atom. The highest BCUT2D eigenvalue weighted by molar-refractivity contribution is 9.10. The van der Waals surface area contributed by atoms with Gasteiger partial charge in [-0.25, -0.2) is 0 Å². The number of carbonyl (C=O) groups excluding carboxylic acids is 6. The van der Waals surface area contributed by atoms with E-state index in [1.807, 2.05) is 0 Å². The molecule has 1 aromatic carbocycles. The number of ketones is 2. The largest absolute Gasteiger partial charge is 0.422 e. The molecule has 0 aliphatic carbocycles. The fourth-order valence-electron chi connectivity index (χ4n) is 3.20.